The highest BCUT2D eigenvalue weighted by atomic mass is 32.2. The lowest BCUT2D eigenvalue weighted by Crippen LogP contribution is -2.13. The first-order chi connectivity index (χ1) is 15.0. The summed E-state index contributed by atoms with van der Waals surface area (Å²) in [6.45, 7) is 8.31. The van der Waals surface area contributed by atoms with Gasteiger partial charge in [-0.05, 0) is 43.3 Å². The second-order valence-electron chi connectivity index (χ2n) is 8.95. The van der Waals surface area contributed by atoms with Gasteiger partial charge in [0.05, 0.1) is 27.7 Å². The Morgan fingerprint density at radius 1 is 0.875 bits per heavy atom. The van der Waals surface area contributed by atoms with Crippen molar-refractivity contribution in [1.29, 1.82) is 0 Å². The van der Waals surface area contributed by atoms with Crippen LogP contribution in [0.1, 0.15) is 32.3 Å². The summed E-state index contributed by atoms with van der Waals surface area (Å²) in [7, 11) is -3.25. The fourth-order valence-corrected chi connectivity index (χ4v) is 4.04. The first-order valence-corrected chi connectivity index (χ1v) is 12.2. The molecule has 0 fully saturated rings. The van der Waals surface area contributed by atoms with Crippen LogP contribution in [0.15, 0.2) is 65.7 Å². The average Bonchev–Trinajstić information content (AvgIpc) is 3.20. The minimum atomic E-state index is -3.25. The Bertz CT molecular complexity index is 1380. The molecule has 0 aliphatic rings. The van der Waals surface area contributed by atoms with Gasteiger partial charge in [0, 0.05) is 34.7 Å². The molecule has 0 bridgehead atoms. The Kier molecular flexibility index (Phi) is 5.46. The third-order valence-electron chi connectivity index (χ3n) is 5.17. The van der Waals surface area contributed by atoms with Crippen LogP contribution >= 0.6 is 0 Å². The van der Waals surface area contributed by atoms with Crippen LogP contribution in [-0.4, -0.2) is 34.6 Å². The van der Waals surface area contributed by atoms with E-state index in [0.717, 1.165) is 45.4 Å². The van der Waals surface area contributed by atoms with Crippen molar-refractivity contribution in [1.82, 2.24) is 19.9 Å². The number of nitrogens with one attached hydrogen (secondary N) is 1. The summed E-state index contributed by atoms with van der Waals surface area (Å²) >= 11 is 0. The van der Waals surface area contributed by atoms with Crippen LogP contribution in [-0.2, 0) is 15.3 Å². The molecule has 0 amide bonds. The van der Waals surface area contributed by atoms with Crippen molar-refractivity contribution >= 4 is 9.84 Å². The zero-order chi connectivity index (χ0) is 23.1. The summed E-state index contributed by atoms with van der Waals surface area (Å²) in [5, 5.41) is 0. The summed E-state index contributed by atoms with van der Waals surface area (Å²) in [6.07, 6.45) is 2.94. The van der Waals surface area contributed by atoms with Gasteiger partial charge < -0.3 is 4.98 Å². The monoisotopic (exact) mass is 446 g/mol. The molecule has 7 heteroatoms. The smallest absolute Gasteiger partial charge is 0.175 e. The molecule has 0 aliphatic heterocycles. The third kappa shape index (κ3) is 4.48. The zero-order valence-corrected chi connectivity index (χ0v) is 19.7. The van der Waals surface area contributed by atoms with Crippen LogP contribution in [0.5, 0.6) is 0 Å². The maximum absolute atomic E-state index is 11.8. The summed E-state index contributed by atoms with van der Waals surface area (Å²) in [4.78, 5) is 17.9. The first-order valence-electron chi connectivity index (χ1n) is 10.3. The maximum atomic E-state index is 11.8. The molecule has 0 saturated carbocycles. The zero-order valence-electron chi connectivity index (χ0n) is 18.8. The second kappa shape index (κ2) is 7.98. The lowest BCUT2D eigenvalue weighted by molar-refractivity contribution is 0.553. The number of sulfone groups is 1. The number of hydrogen-bond acceptors (Lipinski definition) is 5. The predicted octanol–water partition coefficient (Wildman–Crippen LogP) is 5.21. The number of aromatic amines is 1. The van der Waals surface area contributed by atoms with Crippen molar-refractivity contribution in [2.75, 3.05) is 6.26 Å². The van der Waals surface area contributed by atoms with Gasteiger partial charge in [-0.25, -0.2) is 13.4 Å². The largest absolute Gasteiger partial charge is 0.340 e. The van der Waals surface area contributed by atoms with Gasteiger partial charge in [0.2, 0.25) is 0 Å². The molecule has 1 N–H and O–H groups in total. The van der Waals surface area contributed by atoms with Crippen LogP contribution in [0.4, 0.5) is 0 Å². The normalized spacial score (nSPS) is 12.2. The van der Waals surface area contributed by atoms with Crippen LogP contribution in [0, 0.1) is 6.92 Å². The molecule has 0 saturated heterocycles. The quantitative estimate of drug-likeness (QED) is 0.465. The molecular formula is C25H26N4O2S. The predicted molar refractivity (Wildman–Crippen MR) is 127 cm³/mol. The number of aromatic nitrogens is 4. The van der Waals surface area contributed by atoms with E-state index in [1.807, 2.05) is 37.3 Å². The van der Waals surface area contributed by atoms with Crippen LogP contribution in [0.3, 0.4) is 0 Å². The van der Waals surface area contributed by atoms with Gasteiger partial charge in [0.25, 0.3) is 0 Å². The number of rotatable bonds is 4. The van der Waals surface area contributed by atoms with Crippen molar-refractivity contribution in [2.45, 2.75) is 38.0 Å². The van der Waals surface area contributed by atoms with Gasteiger partial charge >= 0.3 is 0 Å². The minimum Gasteiger partial charge on any atom is -0.340 e. The highest BCUT2D eigenvalue weighted by molar-refractivity contribution is 7.90. The number of H-pyrrole nitrogens is 1. The van der Waals surface area contributed by atoms with Gasteiger partial charge in [0.1, 0.15) is 5.82 Å². The number of benzene rings is 1. The molecule has 0 spiro atoms. The van der Waals surface area contributed by atoms with Gasteiger partial charge in [-0.15, -0.1) is 0 Å². The van der Waals surface area contributed by atoms with E-state index in [9.17, 15) is 8.42 Å². The van der Waals surface area contributed by atoms with E-state index >= 15 is 0 Å². The Labute approximate surface area is 188 Å². The minimum absolute atomic E-state index is 0.159. The lowest BCUT2D eigenvalue weighted by atomic mass is 9.96. The lowest BCUT2D eigenvalue weighted by Gasteiger charge is -2.14. The number of hydrogen-bond donors (Lipinski definition) is 1. The molecule has 4 aromatic rings. The summed E-state index contributed by atoms with van der Waals surface area (Å²) in [5.74, 6) is 0.877. The van der Waals surface area contributed by atoms with E-state index < -0.39 is 9.84 Å². The molecule has 0 unspecified atom stereocenters. The van der Waals surface area contributed by atoms with E-state index in [1.165, 1.54) is 6.26 Å². The highest BCUT2D eigenvalue weighted by Crippen LogP contribution is 2.34. The van der Waals surface area contributed by atoms with Crippen molar-refractivity contribution < 1.29 is 8.42 Å². The SMILES string of the molecule is Cc1cccc(-c2[nH]c(C(C)(C)C)nc2-c2ccnc(-c3ccc(S(C)(=O)=O)cc3)c2)n1. The van der Waals surface area contributed by atoms with Gasteiger partial charge in [-0.2, -0.15) is 0 Å². The Hall–Kier alpha value is -3.32. The molecule has 0 atom stereocenters. The summed E-state index contributed by atoms with van der Waals surface area (Å²) in [6, 6.07) is 16.6. The molecule has 6 nitrogen and oxygen atoms in total. The van der Waals surface area contributed by atoms with Crippen molar-refractivity contribution in [3.05, 3.63) is 72.3 Å². The molecule has 164 valence electrons. The standard InChI is InChI=1S/C25H26N4O2S/c1-16-7-6-8-20(27-16)23-22(28-24(29-23)25(2,3)4)18-13-14-26-21(15-18)17-9-11-19(12-10-17)32(5,30)31/h6-15H,1-5H3,(H,28,29). The number of nitrogens with zero attached hydrogens (tertiary/aromatic N) is 3. The fraction of sp³-hybridized carbons (Fsp3) is 0.240. The first kappa shape index (κ1) is 21.9. The van der Waals surface area contributed by atoms with E-state index in [0.29, 0.717) is 0 Å². The number of pyridine rings is 2. The Morgan fingerprint density at radius 2 is 1.59 bits per heavy atom. The molecule has 3 aromatic heterocycles. The fourth-order valence-electron chi connectivity index (χ4n) is 3.41. The van der Waals surface area contributed by atoms with Crippen LogP contribution < -0.4 is 0 Å². The Balaban J connectivity index is 1.83. The van der Waals surface area contributed by atoms with Crippen molar-refractivity contribution in [3.63, 3.8) is 0 Å². The van der Waals surface area contributed by atoms with Crippen molar-refractivity contribution in [3.8, 4) is 33.9 Å². The third-order valence-corrected chi connectivity index (χ3v) is 6.30. The number of aryl methyl sites for hydroxylation is 1. The topological polar surface area (TPSA) is 88.6 Å². The van der Waals surface area contributed by atoms with E-state index in [1.54, 1.807) is 30.5 Å². The molecule has 0 aliphatic carbocycles. The maximum Gasteiger partial charge on any atom is 0.175 e. The van der Waals surface area contributed by atoms with Gasteiger partial charge in [0.15, 0.2) is 9.84 Å². The van der Waals surface area contributed by atoms with Crippen LogP contribution in [0.2, 0.25) is 0 Å². The van der Waals surface area contributed by atoms with E-state index in [4.69, 9.17) is 9.97 Å². The summed E-state index contributed by atoms with van der Waals surface area (Å²) < 4.78 is 23.5. The molecule has 32 heavy (non-hydrogen) atoms. The number of imidazole rings is 1. The summed E-state index contributed by atoms with van der Waals surface area (Å²) in [5.41, 5.74) is 5.77. The Morgan fingerprint density at radius 3 is 2.22 bits per heavy atom. The molecule has 4 rings (SSSR count). The highest BCUT2D eigenvalue weighted by Gasteiger charge is 2.23. The average molecular weight is 447 g/mol. The molecule has 3 heterocycles. The van der Waals surface area contributed by atoms with Gasteiger partial charge in [-0.3, -0.25) is 9.97 Å². The molecule has 0 radical (unpaired) electrons. The van der Waals surface area contributed by atoms with Gasteiger partial charge in [-0.1, -0.05) is 39.0 Å². The second-order valence-corrected chi connectivity index (χ2v) is 11.0. The van der Waals surface area contributed by atoms with E-state index in [2.05, 4.69) is 30.7 Å². The molecular weight excluding hydrogens is 420 g/mol. The molecule has 1 aromatic carbocycles. The van der Waals surface area contributed by atoms with Crippen LogP contribution in [0.25, 0.3) is 33.9 Å². The van der Waals surface area contributed by atoms with Crippen molar-refractivity contribution in [2.24, 2.45) is 0 Å². The van der Waals surface area contributed by atoms with E-state index in [-0.39, 0.29) is 10.3 Å².